The first-order chi connectivity index (χ1) is 15.1. The van der Waals surface area contributed by atoms with Crippen molar-refractivity contribution in [1.29, 1.82) is 0 Å². The van der Waals surface area contributed by atoms with Crippen molar-refractivity contribution in [2.75, 3.05) is 0 Å². The second-order valence-corrected chi connectivity index (χ2v) is 13.7. The summed E-state index contributed by atoms with van der Waals surface area (Å²) in [7, 11) is -0.342. The van der Waals surface area contributed by atoms with E-state index in [1.165, 1.54) is 56.2 Å². The third-order valence-corrected chi connectivity index (χ3v) is 11.9. The molecule has 31 heavy (non-hydrogen) atoms. The van der Waals surface area contributed by atoms with Gasteiger partial charge in [0.05, 0.1) is 0 Å². The number of hydrogen-bond donors (Lipinski definition) is 0. The van der Waals surface area contributed by atoms with Gasteiger partial charge in [0.15, 0.2) is 11.6 Å². The largest absolute Gasteiger partial charge is 0.204 e. The van der Waals surface area contributed by atoms with Crippen molar-refractivity contribution in [2.24, 2.45) is 17.8 Å². The van der Waals surface area contributed by atoms with Crippen LogP contribution in [0.5, 0.6) is 0 Å². The Balaban J connectivity index is 1.21. The minimum absolute atomic E-state index is 0.342. The second-order valence-electron chi connectivity index (χ2n) is 10.2. The fourth-order valence-corrected chi connectivity index (χ4v) is 9.70. The van der Waals surface area contributed by atoms with Crippen molar-refractivity contribution in [3.8, 4) is 11.1 Å². The van der Waals surface area contributed by atoms with E-state index in [1.807, 2.05) is 12.1 Å². The summed E-state index contributed by atoms with van der Waals surface area (Å²) in [6, 6.07) is 17.3. The zero-order chi connectivity index (χ0) is 21.6. The van der Waals surface area contributed by atoms with Crippen LogP contribution in [-0.2, 0) is 6.42 Å². The topological polar surface area (TPSA) is 0 Å². The first-order valence-electron chi connectivity index (χ1n) is 12.7. The molecule has 1 saturated carbocycles. The van der Waals surface area contributed by atoms with Gasteiger partial charge in [0.25, 0.3) is 0 Å². The molecule has 3 heteroatoms. The molecule has 0 spiro atoms. The van der Waals surface area contributed by atoms with Gasteiger partial charge in [-0.3, -0.25) is 0 Å². The van der Waals surface area contributed by atoms with Crippen LogP contribution in [-0.4, -0.2) is 8.80 Å². The summed E-state index contributed by atoms with van der Waals surface area (Å²) in [5.74, 6) is 1.37. The van der Waals surface area contributed by atoms with Gasteiger partial charge in [-0.25, -0.2) is 8.78 Å². The molecule has 2 fully saturated rings. The highest BCUT2D eigenvalue weighted by Gasteiger charge is 2.30. The molecular formula is C28H38F2Si. The Labute approximate surface area is 189 Å². The van der Waals surface area contributed by atoms with E-state index in [2.05, 4.69) is 19.1 Å². The van der Waals surface area contributed by atoms with Gasteiger partial charge in [-0.05, 0) is 72.3 Å². The summed E-state index contributed by atoms with van der Waals surface area (Å²) in [6.45, 7) is 2.36. The maximum Gasteiger partial charge on any atom is 0.159 e. The van der Waals surface area contributed by atoms with Crippen LogP contribution in [0.4, 0.5) is 8.78 Å². The van der Waals surface area contributed by atoms with Crippen molar-refractivity contribution >= 4 is 8.80 Å². The van der Waals surface area contributed by atoms with Crippen molar-refractivity contribution < 1.29 is 8.78 Å². The molecule has 0 unspecified atom stereocenters. The minimum atomic E-state index is -0.791. The van der Waals surface area contributed by atoms with E-state index in [0.29, 0.717) is 0 Å². The van der Waals surface area contributed by atoms with E-state index < -0.39 is 11.6 Å². The first-order valence-corrected chi connectivity index (χ1v) is 15.1. The van der Waals surface area contributed by atoms with Gasteiger partial charge in [-0.2, -0.15) is 0 Å². The molecule has 1 aliphatic heterocycles. The third-order valence-electron chi connectivity index (χ3n) is 8.19. The number of hydrogen-bond acceptors (Lipinski definition) is 0. The van der Waals surface area contributed by atoms with E-state index in [-0.39, 0.29) is 8.80 Å². The molecule has 4 rings (SSSR count). The Kier molecular flexibility index (Phi) is 7.98. The second kappa shape index (κ2) is 10.9. The highest BCUT2D eigenvalue weighted by Crippen LogP contribution is 2.41. The number of rotatable bonds is 7. The average molecular weight is 441 g/mol. The Morgan fingerprint density at radius 1 is 0.774 bits per heavy atom. The lowest BCUT2D eigenvalue weighted by atomic mass is 9.73. The summed E-state index contributed by atoms with van der Waals surface area (Å²) in [4.78, 5) is 0. The lowest BCUT2D eigenvalue weighted by molar-refractivity contribution is 0.186. The molecule has 0 bridgehead atoms. The van der Waals surface area contributed by atoms with Gasteiger partial charge in [-0.15, -0.1) is 0 Å². The fourth-order valence-electron chi connectivity index (χ4n) is 6.22. The Bertz CT molecular complexity index is 815. The van der Waals surface area contributed by atoms with Crippen molar-refractivity contribution in [2.45, 2.75) is 82.8 Å². The predicted octanol–water partition coefficient (Wildman–Crippen LogP) is 8.42. The molecule has 0 amide bonds. The number of benzene rings is 2. The van der Waals surface area contributed by atoms with Gasteiger partial charge >= 0.3 is 0 Å². The van der Waals surface area contributed by atoms with Gasteiger partial charge in [0, 0.05) is 8.80 Å². The van der Waals surface area contributed by atoms with Crippen LogP contribution in [0.2, 0.25) is 18.1 Å². The lowest BCUT2D eigenvalue weighted by Gasteiger charge is -2.37. The third kappa shape index (κ3) is 6.06. The highest BCUT2D eigenvalue weighted by molar-refractivity contribution is 6.58. The maximum absolute atomic E-state index is 13.5. The maximum atomic E-state index is 13.5. The Morgan fingerprint density at radius 2 is 1.42 bits per heavy atom. The molecule has 1 saturated heterocycles. The highest BCUT2D eigenvalue weighted by atomic mass is 28.3. The van der Waals surface area contributed by atoms with E-state index in [9.17, 15) is 8.78 Å². The molecule has 0 N–H and O–H groups in total. The molecule has 0 aromatic heterocycles. The van der Waals surface area contributed by atoms with E-state index >= 15 is 0 Å². The molecule has 2 aromatic carbocycles. The quantitative estimate of drug-likeness (QED) is 0.379. The standard InChI is InChI=1S/C28H38F2Si/c1-2-17-31-18-15-25(16-19-31)23-9-5-21(6-10-23)3-4-22-7-11-24(12-8-22)26-13-14-27(29)28(30)20-26/h7-8,11-14,20-21,23,25,31H,2-6,9-10,15-19H2,1H3. The van der Waals surface area contributed by atoms with Gasteiger partial charge < -0.3 is 0 Å². The molecule has 0 nitrogen and oxygen atoms in total. The zero-order valence-electron chi connectivity index (χ0n) is 19.1. The molecule has 0 radical (unpaired) electrons. The Hall–Kier alpha value is -1.48. The molecule has 2 aromatic rings. The van der Waals surface area contributed by atoms with Gasteiger partial charge in [0.2, 0.25) is 0 Å². The fraction of sp³-hybridized carbons (Fsp3) is 0.571. The monoisotopic (exact) mass is 440 g/mol. The zero-order valence-corrected chi connectivity index (χ0v) is 20.2. The number of halogens is 2. The summed E-state index contributed by atoms with van der Waals surface area (Å²) in [5.41, 5.74) is 3.03. The van der Waals surface area contributed by atoms with Crippen LogP contribution in [0, 0.1) is 29.4 Å². The normalized spacial score (nSPS) is 26.7. The lowest BCUT2D eigenvalue weighted by Crippen LogP contribution is -2.28. The van der Waals surface area contributed by atoms with Crippen molar-refractivity contribution in [3.63, 3.8) is 0 Å². The number of aryl methyl sites for hydroxylation is 1. The molecule has 0 atom stereocenters. The molecular weight excluding hydrogens is 402 g/mol. The van der Waals surface area contributed by atoms with Crippen LogP contribution in [0.15, 0.2) is 42.5 Å². The smallest absolute Gasteiger partial charge is 0.159 e. The van der Waals surface area contributed by atoms with Crippen molar-refractivity contribution in [3.05, 3.63) is 59.7 Å². The van der Waals surface area contributed by atoms with Crippen molar-refractivity contribution in [1.82, 2.24) is 0 Å². The van der Waals surface area contributed by atoms with E-state index in [0.717, 1.165) is 35.3 Å². The first kappa shape index (κ1) is 22.7. The van der Waals surface area contributed by atoms with Crippen LogP contribution in [0.1, 0.15) is 63.9 Å². The van der Waals surface area contributed by atoms with Crippen LogP contribution >= 0.6 is 0 Å². The van der Waals surface area contributed by atoms with Crippen LogP contribution in [0.3, 0.4) is 0 Å². The van der Waals surface area contributed by atoms with Gasteiger partial charge in [-0.1, -0.05) is 87.5 Å². The van der Waals surface area contributed by atoms with Gasteiger partial charge in [0.1, 0.15) is 0 Å². The summed E-state index contributed by atoms with van der Waals surface area (Å²) >= 11 is 0. The van der Waals surface area contributed by atoms with E-state index in [1.54, 1.807) is 37.0 Å². The SMILES string of the molecule is CCC[SiH]1CCC(C2CCC(CCc3ccc(-c4ccc(F)c(F)c4)cc3)CC2)CC1. The predicted molar refractivity (Wildman–Crippen MR) is 130 cm³/mol. The summed E-state index contributed by atoms with van der Waals surface area (Å²) < 4.78 is 26.6. The van der Waals surface area contributed by atoms with Crippen LogP contribution < -0.4 is 0 Å². The average Bonchev–Trinajstić information content (AvgIpc) is 2.81. The molecule has 1 aliphatic carbocycles. The molecule has 168 valence electrons. The summed E-state index contributed by atoms with van der Waals surface area (Å²) in [5, 5.41) is 0. The summed E-state index contributed by atoms with van der Waals surface area (Å²) in [6.07, 6.45) is 12.7. The molecule has 1 heterocycles. The van der Waals surface area contributed by atoms with Crippen LogP contribution in [0.25, 0.3) is 11.1 Å². The van der Waals surface area contributed by atoms with E-state index in [4.69, 9.17) is 0 Å². The molecule has 2 aliphatic rings. The minimum Gasteiger partial charge on any atom is -0.204 e. The Morgan fingerprint density at radius 3 is 2.06 bits per heavy atom.